The minimum absolute atomic E-state index is 0.393. The Labute approximate surface area is 85.3 Å². The van der Waals surface area contributed by atoms with E-state index < -0.39 is 5.97 Å². The molecule has 0 saturated heterocycles. The number of thioether (sulfide) groups is 1. The maximum atomic E-state index is 10.5. The predicted molar refractivity (Wildman–Crippen MR) is 56.8 cm³/mol. The number of rotatable bonds is 4. The molecular formula is C9H10O2S2. The van der Waals surface area contributed by atoms with Gasteiger partial charge in [-0.25, -0.2) is 4.79 Å². The van der Waals surface area contributed by atoms with Crippen LogP contribution in [0.15, 0.2) is 28.5 Å². The number of carboxylic acids is 1. The summed E-state index contributed by atoms with van der Waals surface area (Å²) in [7, 11) is 0. The third-order valence-corrected chi connectivity index (χ3v) is 3.54. The second kappa shape index (κ2) is 4.48. The predicted octanol–water partition coefficient (Wildman–Crippen LogP) is 3.11. The molecule has 0 radical (unpaired) electrons. The van der Waals surface area contributed by atoms with E-state index in [9.17, 15) is 4.79 Å². The molecule has 0 aromatic carbocycles. The van der Waals surface area contributed by atoms with Crippen LogP contribution in [0.5, 0.6) is 0 Å². The second-order valence-corrected chi connectivity index (χ2v) is 4.66. The van der Waals surface area contributed by atoms with E-state index in [1.165, 1.54) is 11.3 Å². The van der Waals surface area contributed by atoms with Gasteiger partial charge in [-0.2, -0.15) is 0 Å². The fourth-order valence-electron chi connectivity index (χ4n) is 0.713. The Kier molecular flexibility index (Phi) is 3.57. The third-order valence-electron chi connectivity index (χ3n) is 1.27. The van der Waals surface area contributed by atoms with E-state index in [2.05, 4.69) is 6.58 Å². The molecule has 4 heteroatoms. The van der Waals surface area contributed by atoms with Gasteiger partial charge >= 0.3 is 5.97 Å². The molecule has 1 rings (SSSR count). The largest absolute Gasteiger partial charge is 0.477 e. The van der Waals surface area contributed by atoms with Gasteiger partial charge in [-0.1, -0.05) is 12.2 Å². The standard InChI is InChI=1S/C9H10O2S2/c1-6(2)4-12-7-3-8(9(10)11)13-5-7/h3,5H,1,4H2,2H3,(H,10,11). The normalized spacial score (nSPS) is 9.92. The van der Waals surface area contributed by atoms with Gasteiger partial charge in [0, 0.05) is 16.0 Å². The molecule has 0 amide bonds. The van der Waals surface area contributed by atoms with Gasteiger partial charge in [0.1, 0.15) is 4.88 Å². The first-order valence-electron chi connectivity index (χ1n) is 3.68. The van der Waals surface area contributed by atoms with Crippen LogP contribution in [0.2, 0.25) is 0 Å². The average molecular weight is 214 g/mol. The van der Waals surface area contributed by atoms with Crippen molar-refractivity contribution in [3.05, 3.63) is 28.5 Å². The van der Waals surface area contributed by atoms with Crippen LogP contribution in [0.1, 0.15) is 16.6 Å². The first-order chi connectivity index (χ1) is 6.09. The fourth-order valence-corrected chi connectivity index (χ4v) is 2.43. The zero-order valence-electron chi connectivity index (χ0n) is 7.24. The van der Waals surface area contributed by atoms with E-state index in [-0.39, 0.29) is 0 Å². The Morgan fingerprint density at radius 1 is 1.77 bits per heavy atom. The number of thiophene rings is 1. The van der Waals surface area contributed by atoms with Gasteiger partial charge in [0.15, 0.2) is 0 Å². The highest BCUT2D eigenvalue weighted by Gasteiger charge is 2.06. The van der Waals surface area contributed by atoms with Crippen molar-refractivity contribution >= 4 is 29.1 Å². The lowest BCUT2D eigenvalue weighted by atomic mass is 10.4. The lowest BCUT2D eigenvalue weighted by molar-refractivity contribution is 0.0702. The lowest BCUT2D eigenvalue weighted by Crippen LogP contribution is -1.89. The van der Waals surface area contributed by atoms with Gasteiger partial charge in [-0.15, -0.1) is 23.1 Å². The maximum absolute atomic E-state index is 10.5. The number of aromatic carboxylic acids is 1. The van der Waals surface area contributed by atoms with Crippen LogP contribution in [0.3, 0.4) is 0 Å². The van der Waals surface area contributed by atoms with Crippen molar-refractivity contribution in [1.82, 2.24) is 0 Å². The third kappa shape index (κ3) is 3.24. The van der Waals surface area contributed by atoms with Gasteiger partial charge < -0.3 is 5.11 Å². The molecule has 13 heavy (non-hydrogen) atoms. The summed E-state index contributed by atoms with van der Waals surface area (Å²) in [6.45, 7) is 5.73. The van der Waals surface area contributed by atoms with Crippen molar-refractivity contribution in [1.29, 1.82) is 0 Å². The summed E-state index contributed by atoms with van der Waals surface area (Å²) in [5, 5.41) is 10.5. The number of hydrogen-bond donors (Lipinski definition) is 1. The molecule has 0 aliphatic rings. The van der Waals surface area contributed by atoms with Crippen LogP contribution in [0.25, 0.3) is 0 Å². The summed E-state index contributed by atoms with van der Waals surface area (Å²) in [5.41, 5.74) is 1.09. The van der Waals surface area contributed by atoms with Crippen LogP contribution >= 0.6 is 23.1 Å². The molecule has 0 saturated carbocycles. The Morgan fingerprint density at radius 2 is 2.46 bits per heavy atom. The van der Waals surface area contributed by atoms with Gasteiger partial charge in [0.05, 0.1) is 0 Å². The van der Waals surface area contributed by atoms with E-state index in [1.54, 1.807) is 17.8 Å². The minimum atomic E-state index is -0.854. The van der Waals surface area contributed by atoms with Crippen LogP contribution < -0.4 is 0 Å². The summed E-state index contributed by atoms with van der Waals surface area (Å²) in [6, 6.07) is 1.70. The summed E-state index contributed by atoms with van der Waals surface area (Å²) in [5.74, 6) is -0.0114. The van der Waals surface area contributed by atoms with Gasteiger partial charge in [0.2, 0.25) is 0 Å². The quantitative estimate of drug-likeness (QED) is 0.618. The highest BCUT2D eigenvalue weighted by atomic mass is 32.2. The van der Waals surface area contributed by atoms with Crippen molar-refractivity contribution in [3.63, 3.8) is 0 Å². The Morgan fingerprint density at radius 3 is 2.92 bits per heavy atom. The molecule has 0 aliphatic heterocycles. The molecule has 0 spiro atoms. The number of carbonyl (C=O) groups is 1. The molecule has 0 aliphatic carbocycles. The van der Waals surface area contributed by atoms with Gasteiger partial charge in [-0.3, -0.25) is 0 Å². The smallest absolute Gasteiger partial charge is 0.345 e. The van der Waals surface area contributed by atoms with E-state index in [0.29, 0.717) is 4.88 Å². The molecule has 1 N–H and O–H groups in total. The maximum Gasteiger partial charge on any atom is 0.345 e. The molecule has 0 atom stereocenters. The summed E-state index contributed by atoms with van der Waals surface area (Å²) < 4.78 is 0. The van der Waals surface area contributed by atoms with Gasteiger partial charge in [-0.05, 0) is 13.0 Å². The topological polar surface area (TPSA) is 37.3 Å². The molecule has 0 bridgehead atoms. The molecule has 1 heterocycles. The summed E-state index contributed by atoms with van der Waals surface area (Å²) >= 11 is 2.87. The zero-order valence-corrected chi connectivity index (χ0v) is 8.87. The van der Waals surface area contributed by atoms with Crippen LogP contribution in [0.4, 0.5) is 0 Å². The zero-order chi connectivity index (χ0) is 9.84. The Bertz CT molecular complexity index is 328. The molecule has 0 fully saturated rings. The molecular weight excluding hydrogens is 204 g/mol. The van der Waals surface area contributed by atoms with E-state index >= 15 is 0 Å². The van der Waals surface area contributed by atoms with Crippen molar-refractivity contribution in [2.45, 2.75) is 11.8 Å². The monoisotopic (exact) mass is 214 g/mol. The Balaban J connectivity index is 2.59. The Hall–Kier alpha value is -0.740. The van der Waals surface area contributed by atoms with Crippen molar-refractivity contribution in [2.24, 2.45) is 0 Å². The highest BCUT2D eigenvalue weighted by Crippen LogP contribution is 2.25. The van der Waals surface area contributed by atoms with Crippen molar-refractivity contribution in [2.75, 3.05) is 5.75 Å². The summed E-state index contributed by atoms with van der Waals surface area (Å²) in [6.07, 6.45) is 0. The van der Waals surface area contributed by atoms with E-state index in [1.807, 2.05) is 12.3 Å². The van der Waals surface area contributed by atoms with Crippen molar-refractivity contribution < 1.29 is 9.90 Å². The molecule has 0 unspecified atom stereocenters. The highest BCUT2D eigenvalue weighted by molar-refractivity contribution is 7.99. The van der Waals surface area contributed by atoms with Crippen LogP contribution in [-0.2, 0) is 0 Å². The first kappa shape index (κ1) is 10.3. The molecule has 1 aromatic heterocycles. The number of carboxylic acid groups (broad SMARTS) is 1. The van der Waals surface area contributed by atoms with Gasteiger partial charge in [0.25, 0.3) is 0 Å². The average Bonchev–Trinajstić information content (AvgIpc) is 2.48. The van der Waals surface area contributed by atoms with Crippen LogP contribution in [-0.4, -0.2) is 16.8 Å². The SMILES string of the molecule is C=C(C)CSc1csc(C(=O)O)c1. The van der Waals surface area contributed by atoms with E-state index in [0.717, 1.165) is 16.2 Å². The number of hydrogen-bond acceptors (Lipinski definition) is 3. The minimum Gasteiger partial charge on any atom is -0.477 e. The lowest BCUT2D eigenvalue weighted by Gasteiger charge is -1.95. The molecule has 70 valence electrons. The van der Waals surface area contributed by atoms with Crippen molar-refractivity contribution in [3.8, 4) is 0 Å². The first-order valence-corrected chi connectivity index (χ1v) is 5.55. The summed E-state index contributed by atoms with van der Waals surface area (Å²) in [4.78, 5) is 11.9. The second-order valence-electron chi connectivity index (χ2n) is 2.70. The molecule has 2 nitrogen and oxygen atoms in total. The van der Waals surface area contributed by atoms with E-state index in [4.69, 9.17) is 5.11 Å². The fraction of sp³-hybridized carbons (Fsp3) is 0.222. The van der Waals surface area contributed by atoms with Crippen LogP contribution in [0, 0.1) is 0 Å². The molecule has 1 aromatic rings.